The van der Waals surface area contributed by atoms with Crippen LogP contribution in [-0.4, -0.2) is 42.2 Å². The summed E-state index contributed by atoms with van der Waals surface area (Å²) in [6.07, 6.45) is 0. The number of aromatic hydroxyl groups is 6. The molecule has 0 aliphatic heterocycles. The minimum Gasteiger partial charge on any atom is -0.504 e. The van der Waals surface area contributed by atoms with Crippen molar-refractivity contribution in [2.24, 2.45) is 0 Å². The standard InChI is InChI=1S/C20H14O8/c21-13-6-10(7-14(22)19(13)27)16(24)12-8-11(17(25)20(28)18(12)26)15(23)9-4-2-1-3-5-9/h1-8,21-22,25-28H. The maximum atomic E-state index is 12.7. The Hall–Kier alpha value is -4.20. The molecule has 0 aliphatic carbocycles. The summed E-state index contributed by atoms with van der Waals surface area (Å²) < 4.78 is 0. The number of hydrogen-bond donors (Lipinski definition) is 6. The molecule has 6 N–H and O–H groups in total. The first-order valence-electron chi connectivity index (χ1n) is 7.89. The van der Waals surface area contributed by atoms with Crippen molar-refractivity contribution in [3.63, 3.8) is 0 Å². The van der Waals surface area contributed by atoms with Crippen molar-refractivity contribution in [3.8, 4) is 34.5 Å². The van der Waals surface area contributed by atoms with Crippen LogP contribution in [0.4, 0.5) is 0 Å². The zero-order valence-corrected chi connectivity index (χ0v) is 14.1. The molecule has 8 nitrogen and oxygen atoms in total. The predicted octanol–water partition coefficient (Wildman–Crippen LogP) is 2.38. The van der Waals surface area contributed by atoms with Crippen molar-refractivity contribution in [1.29, 1.82) is 0 Å². The number of hydrogen-bond acceptors (Lipinski definition) is 8. The fraction of sp³-hybridized carbons (Fsp3) is 0. The molecular formula is C20H14O8. The van der Waals surface area contributed by atoms with E-state index >= 15 is 0 Å². The molecule has 8 heteroatoms. The molecule has 3 aromatic rings. The lowest BCUT2D eigenvalue weighted by Crippen LogP contribution is -2.07. The second-order valence-electron chi connectivity index (χ2n) is 5.90. The van der Waals surface area contributed by atoms with Crippen LogP contribution in [0.25, 0.3) is 0 Å². The molecule has 0 amide bonds. The van der Waals surface area contributed by atoms with Gasteiger partial charge in [0.25, 0.3) is 0 Å². The molecular weight excluding hydrogens is 368 g/mol. The minimum atomic E-state index is -1.07. The summed E-state index contributed by atoms with van der Waals surface area (Å²) in [5.74, 6) is -7.07. The van der Waals surface area contributed by atoms with E-state index in [-0.39, 0.29) is 11.1 Å². The summed E-state index contributed by atoms with van der Waals surface area (Å²) in [6.45, 7) is 0. The number of carbonyl (C=O) groups is 2. The van der Waals surface area contributed by atoms with Crippen LogP contribution in [0.3, 0.4) is 0 Å². The van der Waals surface area contributed by atoms with E-state index in [0.717, 1.165) is 18.2 Å². The highest BCUT2D eigenvalue weighted by Crippen LogP contribution is 2.43. The fourth-order valence-electron chi connectivity index (χ4n) is 2.63. The van der Waals surface area contributed by atoms with Crippen LogP contribution in [0.1, 0.15) is 31.8 Å². The molecule has 0 bridgehead atoms. The smallest absolute Gasteiger partial charge is 0.201 e. The molecule has 0 radical (unpaired) electrons. The molecule has 0 aliphatic rings. The lowest BCUT2D eigenvalue weighted by atomic mass is 9.95. The van der Waals surface area contributed by atoms with Crippen molar-refractivity contribution >= 4 is 11.6 Å². The van der Waals surface area contributed by atoms with Gasteiger partial charge in [-0.25, -0.2) is 0 Å². The van der Waals surface area contributed by atoms with Crippen molar-refractivity contribution in [3.05, 3.63) is 70.8 Å². The zero-order valence-electron chi connectivity index (χ0n) is 14.1. The average Bonchev–Trinajstić information content (AvgIpc) is 2.70. The highest BCUT2D eigenvalue weighted by Gasteiger charge is 2.26. The summed E-state index contributed by atoms with van der Waals surface area (Å²) in [6, 6.07) is 10.3. The number of benzene rings is 3. The lowest BCUT2D eigenvalue weighted by molar-refractivity contribution is 0.103. The lowest BCUT2D eigenvalue weighted by Gasteiger charge is -2.12. The molecule has 142 valence electrons. The quantitative estimate of drug-likeness (QED) is 0.297. The second-order valence-corrected chi connectivity index (χ2v) is 5.90. The van der Waals surface area contributed by atoms with Crippen LogP contribution in [0.2, 0.25) is 0 Å². The zero-order chi connectivity index (χ0) is 20.6. The number of rotatable bonds is 4. The summed E-state index contributed by atoms with van der Waals surface area (Å²) in [7, 11) is 0. The SMILES string of the molecule is O=C(c1ccccc1)c1cc(C(=O)c2cc(O)c(O)c(O)c2)c(O)c(O)c1O. The molecule has 0 saturated carbocycles. The topological polar surface area (TPSA) is 156 Å². The first-order valence-corrected chi connectivity index (χ1v) is 7.89. The number of phenolic OH excluding ortho intramolecular Hbond substituents is 6. The Bertz CT molecular complexity index is 1080. The van der Waals surface area contributed by atoms with E-state index in [1.165, 1.54) is 12.1 Å². The number of carbonyl (C=O) groups excluding carboxylic acids is 2. The molecule has 3 rings (SSSR count). The van der Waals surface area contributed by atoms with Crippen LogP contribution in [-0.2, 0) is 0 Å². The third-order valence-electron chi connectivity index (χ3n) is 4.10. The molecule has 0 spiro atoms. The van der Waals surface area contributed by atoms with Crippen LogP contribution in [0, 0.1) is 0 Å². The van der Waals surface area contributed by atoms with Gasteiger partial charge in [-0.15, -0.1) is 0 Å². The highest BCUT2D eigenvalue weighted by atomic mass is 16.3. The second kappa shape index (κ2) is 6.84. The predicted molar refractivity (Wildman–Crippen MR) is 96.2 cm³/mol. The fourth-order valence-corrected chi connectivity index (χ4v) is 2.63. The summed E-state index contributed by atoms with van der Waals surface area (Å²) in [5.41, 5.74) is -1.16. The summed E-state index contributed by atoms with van der Waals surface area (Å²) >= 11 is 0. The van der Waals surface area contributed by atoms with E-state index in [9.17, 15) is 40.2 Å². The normalized spacial score (nSPS) is 10.6. The van der Waals surface area contributed by atoms with Gasteiger partial charge in [0.05, 0.1) is 11.1 Å². The molecule has 0 heterocycles. The van der Waals surface area contributed by atoms with Gasteiger partial charge in [0, 0.05) is 11.1 Å². The van der Waals surface area contributed by atoms with Crippen LogP contribution in [0.15, 0.2) is 48.5 Å². The Morgan fingerprint density at radius 1 is 0.536 bits per heavy atom. The number of ketones is 2. The van der Waals surface area contributed by atoms with Crippen LogP contribution >= 0.6 is 0 Å². The van der Waals surface area contributed by atoms with E-state index in [1.54, 1.807) is 18.2 Å². The third kappa shape index (κ3) is 3.03. The van der Waals surface area contributed by atoms with E-state index in [2.05, 4.69) is 0 Å². The Morgan fingerprint density at radius 2 is 1.00 bits per heavy atom. The molecule has 0 atom stereocenters. The monoisotopic (exact) mass is 382 g/mol. The van der Waals surface area contributed by atoms with Crippen molar-refractivity contribution < 1.29 is 40.2 Å². The van der Waals surface area contributed by atoms with Gasteiger partial charge in [-0.2, -0.15) is 0 Å². The van der Waals surface area contributed by atoms with Gasteiger partial charge < -0.3 is 30.6 Å². The Kier molecular flexibility index (Phi) is 4.54. The van der Waals surface area contributed by atoms with Gasteiger partial charge in [-0.1, -0.05) is 30.3 Å². The molecule has 28 heavy (non-hydrogen) atoms. The van der Waals surface area contributed by atoms with Gasteiger partial charge in [0.15, 0.2) is 40.3 Å². The largest absolute Gasteiger partial charge is 0.504 e. The van der Waals surface area contributed by atoms with Crippen LogP contribution < -0.4 is 0 Å². The van der Waals surface area contributed by atoms with E-state index in [4.69, 9.17) is 0 Å². The molecule has 0 fully saturated rings. The Balaban J connectivity index is 2.16. The molecule has 3 aromatic carbocycles. The maximum absolute atomic E-state index is 12.7. The van der Waals surface area contributed by atoms with E-state index in [1.807, 2.05) is 0 Å². The van der Waals surface area contributed by atoms with Crippen molar-refractivity contribution in [2.45, 2.75) is 0 Å². The van der Waals surface area contributed by atoms with Crippen molar-refractivity contribution in [1.82, 2.24) is 0 Å². The van der Waals surface area contributed by atoms with Gasteiger partial charge in [0.1, 0.15) is 0 Å². The Labute approximate surface area is 157 Å². The first-order chi connectivity index (χ1) is 13.2. The first kappa shape index (κ1) is 18.6. The Morgan fingerprint density at radius 3 is 1.50 bits per heavy atom. The van der Waals surface area contributed by atoms with Gasteiger partial charge >= 0.3 is 0 Å². The third-order valence-corrected chi connectivity index (χ3v) is 4.10. The van der Waals surface area contributed by atoms with Gasteiger partial charge in [-0.3, -0.25) is 9.59 Å². The molecule has 0 saturated heterocycles. The van der Waals surface area contributed by atoms with Crippen LogP contribution in [0.5, 0.6) is 34.5 Å². The van der Waals surface area contributed by atoms with E-state index < -0.39 is 57.2 Å². The van der Waals surface area contributed by atoms with Crippen molar-refractivity contribution in [2.75, 3.05) is 0 Å². The molecule has 0 unspecified atom stereocenters. The van der Waals surface area contributed by atoms with Gasteiger partial charge in [-0.05, 0) is 18.2 Å². The average molecular weight is 382 g/mol. The highest BCUT2D eigenvalue weighted by molar-refractivity contribution is 6.16. The minimum absolute atomic E-state index is 0.168. The maximum Gasteiger partial charge on any atom is 0.201 e. The molecule has 0 aromatic heterocycles. The van der Waals surface area contributed by atoms with E-state index in [0.29, 0.717) is 0 Å². The summed E-state index contributed by atoms with van der Waals surface area (Å²) in [5, 5.41) is 58.6. The summed E-state index contributed by atoms with van der Waals surface area (Å²) in [4.78, 5) is 25.3. The number of phenols is 6. The van der Waals surface area contributed by atoms with Gasteiger partial charge in [0.2, 0.25) is 5.75 Å².